The molecule has 2 nitrogen and oxygen atoms in total. The van der Waals surface area contributed by atoms with E-state index in [2.05, 4.69) is 27.7 Å². The van der Waals surface area contributed by atoms with E-state index in [1.807, 2.05) is 0 Å². The third kappa shape index (κ3) is 2.60. The maximum atomic E-state index is 12.6. The van der Waals surface area contributed by atoms with Crippen LogP contribution in [0.3, 0.4) is 0 Å². The molecule has 0 amide bonds. The Balaban J connectivity index is 1.37. The fourth-order valence-electron chi connectivity index (χ4n) is 10.2. The number of hydrogen-bond acceptors (Lipinski definition) is 2. The highest BCUT2D eigenvalue weighted by Crippen LogP contribution is 2.81. The number of hydrogen-bond donors (Lipinski definition) is 1. The van der Waals surface area contributed by atoms with Crippen molar-refractivity contribution in [2.75, 3.05) is 0 Å². The van der Waals surface area contributed by atoms with E-state index in [0.29, 0.717) is 23.2 Å². The Labute approximate surface area is 178 Å². The minimum absolute atomic E-state index is 0.00813. The molecule has 0 radical (unpaired) electrons. The van der Waals surface area contributed by atoms with Gasteiger partial charge in [0, 0.05) is 10.8 Å². The fraction of sp³-hybridized carbons (Fsp3) is 0.963. The van der Waals surface area contributed by atoms with E-state index >= 15 is 0 Å². The van der Waals surface area contributed by atoms with Crippen molar-refractivity contribution < 1.29 is 9.90 Å². The number of fused-ring (bicyclic) bond motifs is 4. The summed E-state index contributed by atoms with van der Waals surface area (Å²) in [5, 5.41) is 11.3. The zero-order chi connectivity index (χ0) is 20.6. The lowest BCUT2D eigenvalue weighted by molar-refractivity contribution is -0.165. The molecule has 29 heavy (non-hydrogen) atoms. The minimum atomic E-state index is -0.216. The Morgan fingerprint density at radius 2 is 1.83 bits per heavy atom. The van der Waals surface area contributed by atoms with Gasteiger partial charge in [-0.1, -0.05) is 47.0 Å². The molecule has 164 valence electrons. The van der Waals surface area contributed by atoms with Gasteiger partial charge in [-0.15, -0.1) is 0 Å². The lowest BCUT2D eigenvalue weighted by atomic mass is 9.45. The van der Waals surface area contributed by atoms with Crippen molar-refractivity contribution in [2.24, 2.45) is 57.7 Å². The summed E-state index contributed by atoms with van der Waals surface area (Å²) in [5.74, 6) is 5.01. The van der Waals surface area contributed by atoms with Crippen LogP contribution in [0.25, 0.3) is 0 Å². The molecule has 1 N–H and O–H groups in total. The molecule has 2 heteroatoms. The van der Waals surface area contributed by atoms with Gasteiger partial charge >= 0.3 is 0 Å². The number of carbonyl (C=O) groups excluding carboxylic acids is 1. The van der Waals surface area contributed by atoms with Crippen molar-refractivity contribution in [1.82, 2.24) is 0 Å². The first-order valence-corrected chi connectivity index (χ1v) is 12.9. The second kappa shape index (κ2) is 6.81. The molecule has 0 heterocycles. The molecule has 10 unspecified atom stereocenters. The van der Waals surface area contributed by atoms with Gasteiger partial charge in [0.1, 0.15) is 6.29 Å². The van der Waals surface area contributed by atoms with Gasteiger partial charge < -0.3 is 9.90 Å². The third-order valence-corrected chi connectivity index (χ3v) is 11.5. The molecule has 0 aliphatic heterocycles. The highest BCUT2D eigenvalue weighted by Gasteiger charge is 2.79. The molecule has 1 spiro atoms. The minimum Gasteiger partial charge on any atom is -0.392 e. The average Bonchev–Trinajstić information content (AvgIpc) is 3.16. The van der Waals surface area contributed by atoms with Crippen LogP contribution in [0.4, 0.5) is 0 Å². The van der Waals surface area contributed by atoms with Gasteiger partial charge in [0.2, 0.25) is 0 Å². The molecule has 0 aromatic carbocycles. The Kier molecular flexibility index (Phi) is 4.82. The molecular weight excluding hydrogens is 356 g/mol. The zero-order valence-electron chi connectivity index (χ0n) is 19.3. The molecule has 5 saturated carbocycles. The number of carbonyl (C=O) groups is 1. The first kappa shape index (κ1) is 20.5. The molecule has 5 fully saturated rings. The van der Waals surface area contributed by atoms with Crippen LogP contribution in [-0.4, -0.2) is 17.5 Å². The van der Waals surface area contributed by atoms with Gasteiger partial charge in [-0.2, -0.15) is 0 Å². The number of rotatable bonds is 6. The van der Waals surface area contributed by atoms with Crippen LogP contribution >= 0.6 is 0 Å². The van der Waals surface area contributed by atoms with Crippen molar-refractivity contribution in [1.29, 1.82) is 0 Å². The summed E-state index contributed by atoms with van der Waals surface area (Å²) in [6.07, 6.45) is 14.9. The monoisotopic (exact) mass is 400 g/mol. The molecule has 5 aliphatic carbocycles. The average molecular weight is 401 g/mol. The van der Waals surface area contributed by atoms with Gasteiger partial charge in [0.25, 0.3) is 0 Å². The van der Waals surface area contributed by atoms with Gasteiger partial charge in [-0.25, -0.2) is 0 Å². The predicted molar refractivity (Wildman–Crippen MR) is 117 cm³/mol. The number of aliphatic hydroxyl groups excluding tert-OH is 1. The predicted octanol–water partition coefficient (Wildman–Crippen LogP) is 6.26. The van der Waals surface area contributed by atoms with E-state index in [-0.39, 0.29) is 16.9 Å². The topological polar surface area (TPSA) is 37.3 Å². The highest BCUT2D eigenvalue weighted by atomic mass is 16.3. The van der Waals surface area contributed by atoms with Crippen LogP contribution in [0.15, 0.2) is 0 Å². The van der Waals surface area contributed by atoms with Crippen LogP contribution in [0.2, 0.25) is 0 Å². The Bertz CT molecular complexity index is 657. The molecule has 0 saturated heterocycles. The van der Waals surface area contributed by atoms with Gasteiger partial charge in [0.05, 0.1) is 6.10 Å². The lowest BCUT2D eigenvalue weighted by Crippen LogP contribution is -2.58. The molecule has 5 rings (SSSR count). The second-order valence-electron chi connectivity index (χ2n) is 12.8. The highest BCUT2D eigenvalue weighted by molar-refractivity contribution is 5.66. The van der Waals surface area contributed by atoms with Crippen molar-refractivity contribution in [2.45, 2.75) is 104 Å². The van der Waals surface area contributed by atoms with E-state index in [9.17, 15) is 9.90 Å². The maximum absolute atomic E-state index is 12.6. The smallest absolute Gasteiger partial charge is 0.127 e. The summed E-state index contributed by atoms with van der Waals surface area (Å²) >= 11 is 0. The SMILES string of the molecule is CC(C)CCCC(C)C1CCC2C3CC(O)C45CC4CCC5(C=O)C3CCC12C. The third-order valence-electron chi connectivity index (χ3n) is 11.5. The van der Waals surface area contributed by atoms with Crippen LogP contribution in [0.1, 0.15) is 98.3 Å². The molecule has 0 aromatic heterocycles. The van der Waals surface area contributed by atoms with Gasteiger partial charge in [0.15, 0.2) is 0 Å². The van der Waals surface area contributed by atoms with Crippen molar-refractivity contribution in [3.05, 3.63) is 0 Å². The van der Waals surface area contributed by atoms with Crippen molar-refractivity contribution in [3.8, 4) is 0 Å². The van der Waals surface area contributed by atoms with Gasteiger partial charge in [-0.3, -0.25) is 0 Å². The van der Waals surface area contributed by atoms with E-state index in [4.69, 9.17) is 0 Å². The summed E-state index contributed by atoms with van der Waals surface area (Å²) in [6.45, 7) is 9.81. The number of aldehydes is 1. The first-order chi connectivity index (χ1) is 13.8. The Morgan fingerprint density at radius 1 is 1.03 bits per heavy atom. The van der Waals surface area contributed by atoms with Crippen LogP contribution < -0.4 is 0 Å². The van der Waals surface area contributed by atoms with E-state index in [0.717, 1.165) is 42.9 Å². The molecule has 0 bridgehead atoms. The molecular formula is C27H44O2. The van der Waals surface area contributed by atoms with Crippen LogP contribution in [-0.2, 0) is 4.79 Å². The van der Waals surface area contributed by atoms with E-state index < -0.39 is 0 Å². The summed E-state index contributed by atoms with van der Waals surface area (Å²) in [7, 11) is 0. The summed E-state index contributed by atoms with van der Waals surface area (Å²) in [4.78, 5) is 12.6. The number of aliphatic hydroxyl groups is 1. The summed E-state index contributed by atoms with van der Waals surface area (Å²) in [6, 6.07) is 0. The Morgan fingerprint density at radius 3 is 2.52 bits per heavy atom. The standard InChI is InChI=1S/C27H44O2/c1-17(2)6-5-7-18(3)21-8-9-22-20-14-24(29)27-15-19(27)10-13-26(27,16-28)23(20)11-12-25(21,22)4/h16-24,29H,5-15H2,1-4H3. The van der Waals surface area contributed by atoms with Gasteiger partial charge in [-0.05, 0) is 98.2 Å². The van der Waals surface area contributed by atoms with E-state index in [1.165, 1.54) is 57.7 Å². The molecule has 10 atom stereocenters. The van der Waals surface area contributed by atoms with E-state index in [1.54, 1.807) is 0 Å². The fourth-order valence-corrected chi connectivity index (χ4v) is 10.2. The van der Waals surface area contributed by atoms with Crippen molar-refractivity contribution >= 4 is 6.29 Å². The normalized spacial score (nSPS) is 53.7. The Hall–Kier alpha value is -0.370. The molecule has 0 aromatic rings. The largest absolute Gasteiger partial charge is 0.392 e. The summed E-state index contributed by atoms with van der Waals surface area (Å²) < 4.78 is 0. The van der Waals surface area contributed by atoms with Crippen LogP contribution in [0.5, 0.6) is 0 Å². The summed E-state index contributed by atoms with van der Waals surface area (Å²) in [5.41, 5.74) is 0.252. The van der Waals surface area contributed by atoms with Crippen molar-refractivity contribution in [3.63, 3.8) is 0 Å². The first-order valence-electron chi connectivity index (χ1n) is 12.9. The van der Waals surface area contributed by atoms with Crippen LogP contribution in [0, 0.1) is 57.7 Å². The maximum Gasteiger partial charge on any atom is 0.127 e. The quantitative estimate of drug-likeness (QED) is 0.534. The second-order valence-corrected chi connectivity index (χ2v) is 12.8. The lowest BCUT2D eigenvalue weighted by Gasteiger charge is -2.59. The molecule has 5 aliphatic rings. The zero-order valence-corrected chi connectivity index (χ0v) is 19.3.